The maximum Gasteiger partial charge on any atom is 0.127 e. The summed E-state index contributed by atoms with van der Waals surface area (Å²) < 4.78 is 7.65. The van der Waals surface area contributed by atoms with Crippen LogP contribution in [0.25, 0.3) is 0 Å². The number of hydrogen-bond acceptors (Lipinski definition) is 3. The summed E-state index contributed by atoms with van der Waals surface area (Å²) in [7, 11) is 1.98. The van der Waals surface area contributed by atoms with E-state index < -0.39 is 0 Å². The Balaban J connectivity index is 1.71. The number of benzene rings is 1. The highest BCUT2D eigenvalue weighted by Gasteiger charge is 2.17. The molecule has 21 heavy (non-hydrogen) atoms. The summed E-state index contributed by atoms with van der Waals surface area (Å²) in [5.41, 5.74) is 5.89. The second kappa shape index (κ2) is 5.70. The quantitative estimate of drug-likeness (QED) is 0.944. The lowest BCUT2D eigenvalue weighted by atomic mass is 10.1. The molecule has 2 aromatic rings. The molecular formula is C16H20ClN3O. The van der Waals surface area contributed by atoms with Crippen LogP contribution in [0.4, 0.5) is 0 Å². The maximum absolute atomic E-state index is 6.18. The van der Waals surface area contributed by atoms with Crippen molar-refractivity contribution < 1.29 is 4.74 Å². The van der Waals surface area contributed by atoms with E-state index >= 15 is 0 Å². The second-order valence-corrected chi connectivity index (χ2v) is 5.96. The topological polar surface area (TPSA) is 39.1 Å². The van der Waals surface area contributed by atoms with E-state index in [-0.39, 0.29) is 0 Å². The number of aromatic nitrogens is 2. The van der Waals surface area contributed by atoms with Crippen LogP contribution in [0.2, 0.25) is 5.02 Å². The van der Waals surface area contributed by atoms with E-state index in [0.717, 1.165) is 48.1 Å². The molecule has 0 unspecified atom stereocenters. The van der Waals surface area contributed by atoms with Crippen LogP contribution < -0.4 is 10.1 Å². The number of fused-ring (bicyclic) bond motifs is 1. The van der Waals surface area contributed by atoms with E-state index in [4.69, 9.17) is 16.3 Å². The Kier molecular flexibility index (Phi) is 3.91. The number of aryl methyl sites for hydroxylation is 2. The van der Waals surface area contributed by atoms with Gasteiger partial charge >= 0.3 is 0 Å². The monoisotopic (exact) mass is 305 g/mol. The van der Waals surface area contributed by atoms with Gasteiger partial charge in [-0.25, -0.2) is 0 Å². The summed E-state index contributed by atoms with van der Waals surface area (Å²) >= 11 is 6.18. The van der Waals surface area contributed by atoms with E-state index in [1.54, 1.807) is 0 Å². The number of rotatable bonds is 4. The fourth-order valence-corrected chi connectivity index (χ4v) is 3.14. The molecule has 0 bridgehead atoms. The van der Waals surface area contributed by atoms with Gasteiger partial charge in [0.05, 0.1) is 12.3 Å². The highest BCUT2D eigenvalue weighted by atomic mass is 35.5. The van der Waals surface area contributed by atoms with Crippen molar-refractivity contribution in [2.24, 2.45) is 7.05 Å². The number of nitrogens with one attached hydrogen (secondary N) is 1. The van der Waals surface area contributed by atoms with E-state index in [9.17, 15) is 0 Å². The molecule has 1 aliphatic heterocycles. The normalized spacial score (nSPS) is 13.3. The summed E-state index contributed by atoms with van der Waals surface area (Å²) in [4.78, 5) is 0. The van der Waals surface area contributed by atoms with E-state index in [0.29, 0.717) is 0 Å². The van der Waals surface area contributed by atoms with Crippen LogP contribution in [0.15, 0.2) is 12.1 Å². The van der Waals surface area contributed by atoms with Crippen molar-refractivity contribution in [3.8, 4) is 5.75 Å². The summed E-state index contributed by atoms with van der Waals surface area (Å²) in [5.74, 6) is 1.01. The Hall–Kier alpha value is -1.52. The molecule has 4 nitrogen and oxygen atoms in total. The minimum atomic E-state index is 0.747. The minimum absolute atomic E-state index is 0.747. The molecule has 1 aliphatic rings. The average molecular weight is 306 g/mol. The van der Waals surface area contributed by atoms with Gasteiger partial charge in [-0.15, -0.1) is 0 Å². The predicted molar refractivity (Wildman–Crippen MR) is 83.9 cm³/mol. The predicted octanol–water partition coefficient (Wildman–Crippen LogP) is 2.92. The van der Waals surface area contributed by atoms with Gasteiger partial charge in [-0.05, 0) is 31.5 Å². The molecule has 0 saturated carbocycles. The molecule has 0 spiro atoms. The van der Waals surface area contributed by atoms with Crippen molar-refractivity contribution >= 4 is 11.6 Å². The molecule has 1 aromatic heterocycles. The maximum atomic E-state index is 6.18. The SMILES string of the molecule is Cc1nn(C)c(C)c1CNCc1cc(Cl)cc2c1OCC2. The molecule has 5 heteroatoms. The zero-order chi connectivity index (χ0) is 15.0. The first-order chi connectivity index (χ1) is 10.1. The number of ether oxygens (including phenoxy) is 1. The van der Waals surface area contributed by atoms with Crippen LogP contribution >= 0.6 is 11.6 Å². The van der Waals surface area contributed by atoms with Gasteiger partial charge in [-0.3, -0.25) is 4.68 Å². The zero-order valence-corrected chi connectivity index (χ0v) is 13.4. The molecule has 0 aliphatic carbocycles. The van der Waals surface area contributed by atoms with Gasteiger partial charge in [0.2, 0.25) is 0 Å². The smallest absolute Gasteiger partial charge is 0.127 e. The van der Waals surface area contributed by atoms with Gasteiger partial charge in [-0.2, -0.15) is 5.10 Å². The number of nitrogens with zero attached hydrogens (tertiary/aromatic N) is 2. The van der Waals surface area contributed by atoms with Crippen LogP contribution in [0.3, 0.4) is 0 Å². The van der Waals surface area contributed by atoms with Crippen molar-refractivity contribution in [3.05, 3.63) is 45.2 Å². The number of hydrogen-bond donors (Lipinski definition) is 1. The van der Waals surface area contributed by atoms with Crippen molar-refractivity contribution in [2.75, 3.05) is 6.61 Å². The zero-order valence-electron chi connectivity index (χ0n) is 12.7. The highest BCUT2D eigenvalue weighted by Crippen LogP contribution is 2.32. The Labute approximate surface area is 130 Å². The van der Waals surface area contributed by atoms with E-state index in [2.05, 4.69) is 17.3 Å². The van der Waals surface area contributed by atoms with Crippen LogP contribution in [0, 0.1) is 13.8 Å². The molecule has 2 heterocycles. The van der Waals surface area contributed by atoms with Crippen molar-refractivity contribution in [2.45, 2.75) is 33.4 Å². The Bertz CT molecular complexity index is 679. The van der Waals surface area contributed by atoms with Crippen LogP contribution in [0.5, 0.6) is 5.75 Å². The molecule has 0 radical (unpaired) electrons. The third kappa shape index (κ3) is 2.78. The van der Waals surface area contributed by atoms with Crippen LogP contribution in [-0.2, 0) is 26.6 Å². The van der Waals surface area contributed by atoms with Crippen molar-refractivity contribution in [3.63, 3.8) is 0 Å². The fourth-order valence-electron chi connectivity index (χ4n) is 2.87. The lowest BCUT2D eigenvalue weighted by Gasteiger charge is -2.10. The van der Waals surface area contributed by atoms with Gasteiger partial charge in [0.15, 0.2) is 0 Å². The Morgan fingerprint density at radius 1 is 1.33 bits per heavy atom. The molecule has 1 N–H and O–H groups in total. The van der Waals surface area contributed by atoms with Gasteiger partial charge in [0, 0.05) is 48.4 Å². The summed E-state index contributed by atoms with van der Waals surface area (Å²) in [6.45, 7) is 6.44. The standard InChI is InChI=1S/C16H20ClN3O/c1-10-15(11(2)20(3)19-10)9-18-8-13-7-14(17)6-12-4-5-21-16(12)13/h6-7,18H,4-5,8-9H2,1-3H3. The van der Waals surface area contributed by atoms with Crippen LogP contribution in [-0.4, -0.2) is 16.4 Å². The van der Waals surface area contributed by atoms with Gasteiger partial charge < -0.3 is 10.1 Å². The third-order valence-corrected chi connectivity index (χ3v) is 4.32. The van der Waals surface area contributed by atoms with Crippen molar-refractivity contribution in [1.82, 2.24) is 15.1 Å². The first kappa shape index (κ1) is 14.4. The van der Waals surface area contributed by atoms with E-state index in [1.807, 2.05) is 30.8 Å². The fraction of sp³-hybridized carbons (Fsp3) is 0.438. The second-order valence-electron chi connectivity index (χ2n) is 5.53. The van der Waals surface area contributed by atoms with Crippen molar-refractivity contribution in [1.29, 1.82) is 0 Å². The molecule has 1 aromatic carbocycles. The Morgan fingerprint density at radius 2 is 2.14 bits per heavy atom. The molecule has 0 atom stereocenters. The minimum Gasteiger partial charge on any atom is -0.493 e. The molecule has 112 valence electrons. The largest absolute Gasteiger partial charge is 0.493 e. The lowest BCUT2D eigenvalue weighted by Crippen LogP contribution is -2.14. The Morgan fingerprint density at radius 3 is 2.86 bits per heavy atom. The van der Waals surface area contributed by atoms with E-state index in [1.165, 1.54) is 16.8 Å². The first-order valence-electron chi connectivity index (χ1n) is 7.20. The molecule has 0 amide bonds. The lowest BCUT2D eigenvalue weighted by molar-refractivity contribution is 0.352. The third-order valence-electron chi connectivity index (χ3n) is 4.10. The molecule has 0 fully saturated rings. The summed E-state index contributed by atoms with van der Waals surface area (Å²) in [6, 6.07) is 3.99. The average Bonchev–Trinajstić information content (AvgIpc) is 2.98. The number of halogens is 1. The van der Waals surface area contributed by atoms with Gasteiger partial charge in [0.1, 0.15) is 5.75 Å². The first-order valence-corrected chi connectivity index (χ1v) is 7.58. The van der Waals surface area contributed by atoms with Crippen LogP contribution in [0.1, 0.15) is 28.1 Å². The molecule has 3 rings (SSSR count). The van der Waals surface area contributed by atoms with Gasteiger partial charge in [-0.1, -0.05) is 11.6 Å². The van der Waals surface area contributed by atoms with Gasteiger partial charge in [0.25, 0.3) is 0 Å². The summed E-state index contributed by atoms with van der Waals surface area (Å²) in [6.07, 6.45) is 0.948. The molecular weight excluding hydrogens is 286 g/mol. The molecule has 0 saturated heterocycles. The highest BCUT2D eigenvalue weighted by molar-refractivity contribution is 6.30. The summed E-state index contributed by atoms with van der Waals surface area (Å²) in [5, 5.41) is 8.70.